The Kier molecular flexibility index (Phi) is 10.4. The summed E-state index contributed by atoms with van der Waals surface area (Å²) in [7, 11) is 1.58. The molecule has 0 saturated carbocycles. The summed E-state index contributed by atoms with van der Waals surface area (Å²) in [4.78, 5) is 27.7. The second-order valence-electron chi connectivity index (χ2n) is 11.9. The molecule has 244 valence electrons. The fourth-order valence-electron chi connectivity index (χ4n) is 6.11. The number of nitrogens with zero attached hydrogens (tertiary/aromatic N) is 1. The molecule has 2 amide bonds. The average Bonchev–Trinajstić information content (AvgIpc) is 3.69. The summed E-state index contributed by atoms with van der Waals surface area (Å²) in [6, 6.07) is 20.5. The van der Waals surface area contributed by atoms with Gasteiger partial charge in [-0.15, -0.1) is 0 Å². The minimum atomic E-state index is -0.337. The SMILES string of the molecule is COc1nc(-c2cccc(-c3cccc(-c4ccc(CNC[C@@H]5CCC(=O)N5)c(F)c4)c3Cl)c2Cl)ccc1CNC[C@@H]1CCC(=O)N1. The molecule has 6 rings (SSSR count). The van der Waals surface area contributed by atoms with Gasteiger partial charge in [-0.3, -0.25) is 9.59 Å². The summed E-state index contributed by atoms with van der Waals surface area (Å²) in [5.41, 5.74) is 5.57. The van der Waals surface area contributed by atoms with Crippen LogP contribution in [0.25, 0.3) is 33.5 Å². The van der Waals surface area contributed by atoms with E-state index in [0.29, 0.717) is 82.9 Å². The fraction of sp³-hybridized carbons (Fsp3) is 0.306. The predicted octanol–water partition coefficient (Wildman–Crippen LogP) is 6.27. The van der Waals surface area contributed by atoms with Gasteiger partial charge in [-0.1, -0.05) is 77.8 Å². The topological polar surface area (TPSA) is 104 Å². The number of rotatable bonds is 12. The van der Waals surface area contributed by atoms with Crippen molar-refractivity contribution >= 4 is 35.0 Å². The third-order valence-corrected chi connectivity index (χ3v) is 9.46. The number of hydrogen-bond acceptors (Lipinski definition) is 6. The van der Waals surface area contributed by atoms with E-state index >= 15 is 4.39 Å². The molecule has 11 heteroatoms. The molecule has 2 fully saturated rings. The van der Waals surface area contributed by atoms with Crippen LogP contribution in [0.3, 0.4) is 0 Å². The van der Waals surface area contributed by atoms with Gasteiger partial charge < -0.3 is 26.0 Å². The Morgan fingerprint density at radius 2 is 1.34 bits per heavy atom. The maximum Gasteiger partial charge on any atom is 0.220 e. The van der Waals surface area contributed by atoms with E-state index in [0.717, 1.165) is 29.5 Å². The first-order chi connectivity index (χ1) is 22.8. The van der Waals surface area contributed by atoms with Gasteiger partial charge in [0.15, 0.2) is 0 Å². The molecule has 1 aromatic heterocycles. The van der Waals surface area contributed by atoms with Crippen LogP contribution in [0.4, 0.5) is 4.39 Å². The minimum Gasteiger partial charge on any atom is -0.481 e. The van der Waals surface area contributed by atoms with Crippen LogP contribution in [0.2, 0.25) is 10.0 Å². The molecule has 2 atom stereocenters. The van der Waals surface area contributed by atoms with Crippen LogP contribution in [0.15, 0.2) is 66.7 Å². The molecule has 2 saturated heterocycles. The second kappa shape index (κ2) is 14.8. The molecule has 4 N–H and O–H groups in total. The Balaban J connectivity index is 1.19. The summed E-state index contributed by atoms with van der Waals surface area (Å²) in [5.74, 6) is 0.296. The lowest BCUT2D eigenvalue weighted by atomic mass is 9.96. The normalized spacial score (nSPS) is 17.5. The van der Waals surface area contributed by atoms with Crippen molar-refractivity contribution in [3.63, 3.8) is 0 Å². The third-order valence-electron chi connectivity index (χ3n) is 8.64. The largest absolute Gasteiger partial charge is 0.481 e. The van der Waals surface area contributed by atoms with Crippen LogP contribution < -0.4 is 26.0 Å². The highest BCUT2D eigenvalue weighted by Crippen LogP contribution is 2.42. The van der Waals surface area contributed by atoms with E-state index in [-0.39, 0.29) is 29.7 Å². The summed E-state index contributed by atoms with van der Waals surface area (Å²) in [6.07, 6.45) is 2.71. The van der Waals surface area contributed by atoms with Crippen LogP contribution >= 0.6 is 23.2 Å². The first-order valence-electron chi connectivity index (χ1n) is 15.7. The maximum atomic E-state index is 15.2. The van der Waals surface area contributed by atoms with Crippen molar-refractivity contribution in [2.24, 2.45) is 0 Å². The third kappa shape index (κ3) is 7.60. The fourth-order valence-corrected chi connectivity index (χ4v) is 6.77. The van der Waals surface area contributed by atoms with E-state index in [1.807, 2.05) is 54.6 Å². The molecule has 2 aliphatic heterocycles. The van der Waals surface area contributed by atoms with Gasteiger partial charge in [0, 0.05) is 84.5 Å². The van der Waals surface area contributed by atoms with Crippen molar-refractivity contribution in [2.75, 3.05) is 20.2 Å². The number of carbonyl (C=O) groups is 2. The van der Waals surface area contributed by atoms with E-state index in [9.17, 15) is 9.59 Å². The van der Waals surface area contributed by atoms with E-state index in [4.69, 9.17) is 32.9 Å². The quantitative estimate of drug-likeness (QED) is 0.141. The van der Waals surface area contributed by atoms with Gasteiger partial charge >= 0.3 is 0 Å². The number of benzene rings is 3. The number of ether oxygens (including phenoxy) is 1. The van der Waals surface area contributed by atoms with Gasteiger partial charge in [-0.2, -0.15) is 0 Å². The van der Waals surface area contributed by atoms with Gasteiger partial charge in [0.1, 0.15) is 5.82 Å². The van der Waals surface area contributed by atoms with E-state index in [2.05, 4.69) is 21.3 Å². The molecule has 3 heterocycles. The Hall–Kier alpha value is -4.02. The number of pyridine rings is 1. The Morgan fingerprint density at radius 3 is 1.91 bits per heavy atom. The van der Waals surface area contributed by atoms with Crippen molar-refractivity contribution in [1.82, 2.24) is 26.3 Å². The van der Waals surface area contributed by atoms with Crippen molar-refractivity contribution in [3.8, 4) is 39.4 Å². The number of amides is 2. The lowest BCUT2D eigenvalue weighted by Crippen LogP contribution is -2.35. The van der Waals surface area contributed by atoms with Gasteiger partial charge in [0.25, 0.3) is 0 Å². The highest BCUT2D eigenvalue weighted by atomic mass is 35.5. The number of methoxy groups -OCH3 is 1. The molecule has 3 aromatic carbocycles. The predicted molar refractivity (Wildman–Crippen MR) is 183 cm³/mol. The Morgan fingerprint density at radius 1 is 0.787 bits per heavy atom. The molecule has 0 spiro atoms. The zero-order valence-electron chi connectivity index (χ0n) is 26.0. The molecular formula is C36H36Cl2FN5O3. The molecule has 4 aromatic rings. The molecule has 47 heavy (non-hydrogen) atoms. The number of halogens is 3. The highest BCUT2D eigenvalue weighted by molar-refractivity contribution is 6.39. The van der Waals surface area contributed by atoms with Gasteiger partial charge in [0.05, 0.1) is 22.8 Å². The zero-order chi connectivity index (χ0) is 32.9. The maximum absolute atomic E-state index is 15.2. The number of carbonyl (C=O) groups excluding carboxylic acids is 2. The van der Waals surface area contributed by atoms with Crippen molar-refractivity contribution in [3.05, 3.63) is 93.7 Å². The van der Waals surface area contributed by atoms with E-state index in [1.165, 1.54) is 6.07 Å². The number of aromatic nitrogens is 1. The van der Waals surface area contributed by atoms with Gasteiger partial charge in [0.2, 0.25) is 17.7 Å². The van der Waals surface area contributed by atoms with Crippen LogP contribution in [0.5, 0.6) is 5.88 Å². The van der Waals surface area contributed by atoms with Crippen LogP contribution in [-0.2, 0) is 22.7 Å². The van der Waals surface area contributed by atoms with E-state index < -0.39 is 0 Å². The lowest BCUT2D eigenvalue weighted by molar-refractivity contribution is -0.120. The molecule has 0 aliphatic carbocycles. The van der Waals surface area contributed by atoms with Crippen molar-refractivity contribution in [2.45, 2.75) is 50.9 Å². The average molecular weight is 677 g/mol. The van der Waals surface area contributed by atoms with Crippen molar-refractivity contribution < 1.29 is 18.7 Å². The smallest absolute Gasteiger partial charge is 0.220 e. The Bertz CT molecular complexity index is 1800. The highest BCUT2D eigenvalue weighted by Gasteiger charge is 2.22. The van der Waals surface area contributed by atoms with Gasteiger partial charge in [-0.25, -0.2) is 9.37 Å². The summed E-state index contributed by atoms with van der Waals surface area (Å²) in [6.45, 7) is 2.15. The first-order valence-corrected chi connectivity index (χ1v) is 16.5. The standard InChI is InChI=1S/C36H36Cl2FN5O3/c1-47-36-23(18-41-20-25-12-15-33(46)43-25)10-13-31(44-36)29-7-3-6-28(35(29)38)27-5-2-4-26(34(27)37)21-8-9-22(30(39)16-21)17-40-19-24-11-14-32(45)42-24/h2-10,13,16,24-25,40-41H,11-12,14-15,17-20H2,1H3,(H,42,45)(H,43,46)/t24-,25-/m0/s1. The van der Waals surface area contributed by atoms with Crippen LogP contribution in [0, 0.1) is 5.82 Å². The molecule has 0 bridgehead atoms. The van der Waals surface area contributed by atoms with Crippen LogP contribution in [-0.4, -0.2) is 49.1 Å². The summed E-state index contributed by atoms with van der Waals surface area (Å²) in [5, 5.41) is 13.4. The molecule has 8 nitrogen and oxygen atoms in total. The minimum absolute atomic E-state index is 0.0584. The van der Waals surface area contributed by atoms with Gasteiger partial charge in [-0.05, 0) is 30.5 Å². The lowest BCUT2D eigenvalue weighted by Gasteiger charge is -2.16. The molecule has 0 unspecified atom stereocenters. The first kappa shape index (κ1) is 32.9. The summed E-state index contributed by atoms with van der Waals surface area (Å²) < 4.78 is 20.8. The van der Waals surface area contributed by atoms with Crippen LogP contribution in [0.1, 0.15) is 36.8 Å². The summed E-state index contributed by atoms with van der Waals surface area (Å²) >= 11 is 14.0. The molecular weight excluding hydrogens is 640 g/mol. The Labute approximate surface area is 283 Å². The number of nitrogens with one attached hydrogen (secondary N) is 4. The van der Waals surface area contributed by atoms with E-state index in [1.54, 1.807) is 13.2 Å². The monoisotopic (exact) mass is 675 g/mol. The zero-order valence-corrected chi connectivity index (χ0v) is 27.5. The molecule has 0 radical (unpaired) electrons. The van der Waals surface area contributed by atoms with Crippen molar-refractivity contribution in [1.29, 1.82) is 0 Å². The molecule has 2 aliphatic rings. The number of hydrogen-bond donors (Lipinski definition) is 4. The second-order valence-corrected chi connectivity index (χ2v) is 12.6.